The van der Waals surface area contributed by atoms with Crippen molar-refractivity contribution in [3.63, 3.8) is 0 Å². The van der Waals surface area contributed by atoms with Gasteiger partial charge in [0.15, 0.2) is 0 Å². The van der Waals surface area contributed by atoms with Gasteiger partial charge in [-0.1, -0.05) is 20.3 Å². The summed E-state index contributed by atoms with van der Waals surface area (Å²) in [5.41, 5.74) is 0. The molecular formula is C8H19N2O3+. The van der Waals surface area contributed by atoms with E-state index in [1.54, 1.807) is 6.92 Å². The molecule has 0 fully saturated rings. The molecule has 13 heavy (non-hydrogen) atoms. The van der Waals surface area contributed by atoms with Crippen molar-refractivity contribution in [2.24, 2.45) is 5.92 Å². The molecule has 5 nitrogen and oxygen atoms in total. The molecule has 0 saturated carbocycles. The highest BCUT2D eigenvalue weighted by Crippen LogP contribution is 2.07. The normalized spacial score (nSPS) is 13.8. The van der Waals surface area contributed by atoms with Crippen LogP contribution in [0.4, 0.5) is 0 Å². The molecule has 0 aromatic heterocycles. The Morgan fingerprint density at radius 1 is 1.46 bits per heavy atom. The Bertz CT molecular complexity index is 182. The van der Waals surface area contributed by atoms with E-state index in [-0.39, 0.29) is 18.0 Å². The summed E-state index contributed by atoms with van der Waals surface area (Å²) in [6.07, 6.45) is 0.733. The van der Waals surface area contributed by atoms with Gasteiger partial charge in [-0.3, -0.25) is 4.79 Å². The van der Waals surface area contributed by atoms with E-state index in [2.05, 4.69) is 5.32 Å². The van der Waals surface area contributed by atoms with Crippen LogP contribution in [-0.2, 0) is 9.59 Å². The zero-order valence-corrected chi connectivity index (χ0v) is 8.63. The molecule has 2 atom stereocenters. The van der Waals surface area contributed by atoms with E-state index >= 15 is 0 Å². The summed E-state index contributed by atoms with van der Waals surface area (Å²) in [4.78, 5) is 21.2. The second-order valence-corrected chi connectivity index (χ2v) is 2.90. The van der Waals surface area contributed by atoms with Gasteiger partial charge < -0.3 is 16.6 Å². The number of carbonyl (C=O) groups is 2. The monoisotopic (exact) mass is 191 g/mol. The topological polar surface area (TPSA) is 103 Å². The van der Waals surface area contributed by atoms with E-state index in [0.717, 1.165) is 6.42 Å². The average Bonchev–Trinajstić information content (AvgIpc) is 1.98. The lowest BCUT2D eigenvalue weighted by Crippen LogP contribution is -2.43. The van der Waals surface area contributed by atoms with Gasteiger partial charge in [0, 0.05) is 6.92 Å². The average molecular weight is 191 g/mol. The lowest BCUT2D eigenvalue weighted by Gasteiger charge is -2.18. The first-order chi connectivity index (χ1) is 5.49. The van der Waals surface area contributed by atoms with Crippen LogP contribution < -0.4 is 11.5 Å². The van der Waals surface area contributed by atoms with Gasteiger partial charge in [-0.05, 0) is 5.92 Å². The van der Waals surface area contributed by atoms with Gasteiger partial charge in [0.25, 0.3) is 0 Å². The third-order valence-corrected chi connectivity index (χ3v) is 1.84. The molecule has 5 heteroatoms. The van der Waals surface area contributed by atoms with Crippen LogP contribution in [0.1, 0.15) is 27.2 Å². The summed E-state index contributed by atoms with van der Waals surface area (Å²) >= 11 is 0. The molecule has 0 aliphatic heterocycles. The number of carboxylic acid groups (broad SMARTS) is 1. The second-order valence-electron chi connectivity index (χ2n) is 2.90. The molecular weight excluding hydrogens is 172 g/mol. The predicted molar refractivity (Wildman–Crippen MR) is 50.7 cm³/mol. The molecule has 0 spiro atoms. The van der Waals surface area contributed by atoms with Crippen molar-refractivity contribution in [1.82, 2.24) is 11.5 Å². The Hall–Kier alpha value is -1.10. The summed E-state index contributed by atoms with van der Waals surface area (Å²) in [5.74, 6) is -1.31. The fourth-order valence-electron chi connectivity index (χ4n) is 0.902. The maximum absolute atomic E-state index is 10.6. The van der Waals surface area contributed by atoms with Crippen LogP contribution >= 0.6 is 0 Å². The minimum atomic E-state index is -0.973. The number of carboxylic acids is 1. The smallest absolute Gasteiger partial charge is 0.326 e. The maximum atomic E-state index is 10.6. The molecule has 0 aliphatic carbocycles. The number of carbonyl (C=O) groups excluding carboxylic acids is 1. The lowest BCUT2D eigenvalue weighted by molar-refractivity contribution is -0.143. The van der Waals surface area contributed by atoms with Gasteiger partial charge in [-0.25, -0.2) is 4.79 Å². The number of amides is 1. The quantitative estimate of drug-likeness (QED) is 0.617. The Labute approximate surface area is 78.1 Å². The summed E-state index contributed by atoms with van der Waals surface area (Å²) in [7, 11) is 0. The number of hydrogen-bond acceptors (Lipinski definition) is 2. The third kappa shape index (κ3) is 5.19. The van der Waals surface area contributed by atoms with Crippen LogP contribution in [-0.4, -0.2) is 23.0 Å². The Kier molecular flexibility index (Phi) is 7.12. The minimum absolute atomic E-state index is 0. The lowest BCUT2D eigenvalue weighted by atomic mass is 9.99. The third-order valence-electron chi connectivity index (χ3n) is 1.84. The van der Waals surface area contributed by atoms with E-state index in [1.807, 2.05) is 6.92 Å². The van der Waals surface area contributed by atoms with Crippen molar-refractivity contribution in [3.8, 4) is 0 Å². The molecule has 0 aromatic rings. The first kappa shape index (κ1) is 14.4. The Morgan fingerprint density at radius 2 is 1.92 bits per heavy atom. The zero-order chi connectivity index (χ0) is 9.72. The highest BCUT2D eigenvalue weighted by Gasteiger charge is 2.23. The number of quaternary nitrogens is 1. The Morgan fingerprint density at radius 3 is 2.15 bits per heavy atom. The van der Waals surface area contributed by atoms with Crippen LogP contribution in [0.5, 0.6) is 0 Å². The molecule has 0 saturated heterocycles. The molecule has 0 rings (SSSR count). The molecule has 0 radical (unpaired) electrons. The van der Waals surface area contributed by atoms with E-state index in [1.165, 1.54) is 6.92 Å². The number of rotatable bonds is 4. The summed E-state index contributed by atoms with van der Waals surface area (Å²) < 4.78 is 0. The standard InChI is InChI=1S/C8H15NO3.H3N/c1-4-5(2)7(8(11)12)9-6(3)10;/h5,7H,4H2,1-3H3,(H,9,10)(H,11,12);1H3/p+1/t5-,7+;/m1./s1. The second kappa shape index (κ2) is 6.42. The summed E-state index contributed by atoms with van der Waals surface area (Å²) in [5, 5.41) is 11.1. The SMILES string of the molecule is CC[C@@H](C)[C@H](NC(C)=O)C(=O)O.[NH4+]. The number of nitrogens with one attached hydrogen (secondary N) is 1. The molecule has 0 heterocycles. The first-order valence-corrected chi connectivity index (χ1v) is 3.99. The zero-order valence-electron chi connectivity index (χ0n) is 8.63. The predicted octanol–water partition coefficient (Wildman–Crippen LogP) is 0.998. The largest absolute Gasteiger partial charge is 0.480 e. The highest BCUT2D eigenvalue weighted by molar-refractivity contribution is 5.82. The van der Waals surface area contributed by atoms with Gasteiger partial charge in [-0.15, -0.1) is 0 Å². The van der Waals surface area contributed by atoms with E-state index in [4.69, 9.17) is 5.11 Å². The van der Waals surface area contributed by atoms with Crippen molar-refractivity contribution in [3.05, 3.63) is 0 Å². The van der Waals surface area contributed by atoms with Crippen molar-refractivity contribution >= 4 is 11.9 Å². The minimum Gasteiger partial charge on any atom is -0.480 e. The number of hydrogen-bond donors (Lipinski definition) is 3. The van der Waals surface area contributed by atoms with Gasteiger partial charge in [0.1, 0.15) is 6.04 Å². The first-order valence-electron chi connectivity index (χ1n) is 3.99. The molecule has 78 valence electrons. The van der Waals surface area contributed by atoms with E-state index < -0.39 is 12.0 Å². The van der Waals surface area contributed by atoms with Crippen molar-refractivity contribution in [2.45, 2.75) is 33.2 Å². The fraction of sp³-hybridized carbons (Fsp3) is 0.750. The number of aliphatic carboxylic acids is 1. The van der Waals surface area contributed by atoms with Crippen LogP contribution in [0, 0.1) is 5.92 Å². The highest BCUT2D eigenvalue weighted by atomic mass is 16.4. The molecule has 0 aliphatic rings. The van der Waals surface area contributed by atoms with Crippen LogP contribution in [0.25, 0.3) is 0 Å². The van der Waals surface area contributed by atoms with E-state index in [0.29, 0.717) is 0 Å². The van der Waals surface area contributed by atoms with Gasteiger partial charge in [0.2, 0.25) is 5.91 Å². The van der Waals surface area contributed by atoms with Crippen LogP contribution in [0.3, 0.4) is 0 Å². The van der Waals surface area contributed by atoms with Crippen LogP contribution in [0.2, 0.25) is 0 Å². The van der Waals surface area contributed by atoms with Crippen molar-refractivity contribution in [1.29, 1.82) is 0 Å². The maximum Gasteiger partial charge on any atom is 0.326 e. The summed E-state index contributed by atoms with van der Waals surface area (Å²) in [6.45, 7) is 5.01. The van der Waals surface area contributed by atoms with Crippen molar-refractivity contribution < 1.29 is 14.7 Å². The van der Waals surface area contributed by atoms with Crippen LogP contribution in [0.15, 0.2) is 0 Å². The van der Waals surface area contributed by atoms with E-state index in [9.17, 15) is 9.59 Å². The fourth-order valence-corrected chi connectivity index (χ4v) is 0.902. The van der Waals surface area contributed by atoms with Gasteiger partial charge in [-0.2, -0.15) is 0 Å². The van der Waals surface area contributed by atoms with Crippen molar-refractivity contribution in [2.75, 3.05) is 0 Å². The summed E-state index contributed by atoms with van der Waals surface area (Å²) in [6, 6.07) is -0.757. The molecule has 6 N–H and O–H groups in total. The molecule has 0 bridgehead atoms. The molecule has 0 aromatic carbocycles. The molecule has 0 unspecified atom stereocenters. The van der Waals surface area contributed by atoms with Gasteiger partial charge in [0.05, 0.1) is 0 Å². The van der Waals surface area contributed by atoms with Gasteiger partial charge >= 0.3 is 5.97 Å². The molecule has 1 amide bonds. The Balaban J connectivity index is 0.